The van der Waals surface area contributed by atoms with Crippen LogP contribution in [0.2, 0.25) is 0 Å². The number of nitrogens with one attached hydrogen (secondary N) is 1. The van der Waals surface area contributed by atoms with Crippen LogP contribution in [0.5, 0.6) is 5.75 Å². The van der Waals surface area contributed by atoms with Crippen molar-refractivity contribution in [1.29, 1.82) is 0 Å². The summed E-state index contributed by atoms with van der Waals surface area (Å²) in [4.78, 5) is 4.31. The van der Waals surface area contributed by atoms with Gasteiger partial charge in [-0.3, -0.25) is 0 Å². The lowest BCUT2D eigenvalue weighted by Gasteiger charge is -2.18. The molecule has 0 fully saturated rings. The molecule has 0 spiro atoms. The first-order valence-electron chi connectivity index (χ1n) is 6.35. The third kappa shape index (κ3) is 3.16. The number of benzene rings is 1. The highest BCUT2D eigenvalue weighted by Crippen LogP contribution is 2.33. The molecule has 5 heteroatoms. The molecule has 0 radical (unpaired) electrons. The molecule has 1 N–H and O–H groups in total. The largest absolute Gasteiger partial charge is 0.493 e. The average Bonchev–Trinajstić information content (AvgIpc) is 2.84. The second-order valence-electron chi connectivity index (χ2n) is 4.59. The topological polar surface area (TPSA) is 34.1 Å². The van der Waals surface area contributed by atoms with Gasteiger partial charge in [-0.25, -0.2) is 4.98 Å². The lowest BCUT2D eigenvalue weighted by atomic mass is 10.0. The fourth-order valence-electron chi connectivity index (χ4n) is 2.31. The number of hydrogen-bond donors (Lipinski definition) is 1. The summed E-state index contributed by atoms with van der Waals surface area (Å²) in [7, 11) is 0. The van der Waals surface area contributed by atoms with Crippen LogP contribution in [0.3, 0.4) is 0 Å². The predicted octanol–water partition coefficient (Wildman–Crippen LogP) is 3.91. The molecule has 100 valence electrons. The van der Waals surface area contributed by atoms with E-state index in [-0.39, 0.29) is 0 Å². The fourth-order valence-corrected chi connectivity index (χ4v) is 3.21. The molecule has 0 aliphatic carbocycles. The Bertz CT molecular complexity index is 544. The van der Waals surface area contributed by atoms with Crippen molar-refractivity contribution in [2.75, 3.05) is 6.61 Å². The third-order valence-electron chi connectivity index (χ3n) is 3.26. The van der Waals surface area contributed by atoms with E-state index in [0.29, 0.717) is 6.04 Å². The average molecular weight is 339 g/mol. The van der Waals surface area contributed by atoms with Crippen molar-refractivity contribution in [3.05, 3.63) is 44.8 Å². The van der Waals surface area contributed by atoms with Gasteiger partial charge < -0.3 is 10.1 Å². The molecular weight excluding hydrogens is 324 g/mol. The highest BCUT2D eigenvalue weighted by Gasteiger charge is 2.19. The van der Waals surface area contributed by atoms with Gasteiger partial charge in [0.2, 0.25) is 0 Å². The molecule has 19 heavy (non-hydrogen) atoms. The Morgan fingerprint density at radius 3 is 3.26 bits per heavy atom. The predicted molar refractivity (Wildman–Crippen MR) is 80.6 cm³/mol. The van der Waals surface area contributed by atoms with Crippen molar-refractivity contribution in [2.45, 2.75) is 25.4 Å². The molecule has 0 saturated heterocycles. The van der Waals surface area contributed by atoms with Crippen LogP contribution in [0.1, 0.15) is 30.1 Å². The van der Waals surface area contributed by atoms with Gasteiger partial charge in [0, 0.05) is 28.0 Å². The Kier molecular flexibility index (Phi) is 4.15. The van der Waals surface area contributed by atoms with Crippen molar-refractivity contribution in [3.63, 3.8) is 0 Å². The Morgan fingerprint density at radius 1 is 1.47 bits per heavy atom. The second kappa shape index (κ2) is 6.03. The zero-order valence-electron chi connectivity index (χ0n) is 10.4. The van der Waals surface area contributed by atoms with Gasteiger partial charge in [0.1, 0.15) is 5.75 Å². The van der Waals surface area contributed by atoms with E-state index in [2.05, 4.69) is 49.8 Å². The van der Waals surface area contributed by atoms with Crippen molar-refractivity contribution >= 4 is 27.3 Å². The number of hydrogen-bond acceptors (Lipinski definition) is 4. The number of aromatic nitrogens is 1. The molecule has 1 aliphatic rings. The van der Waals surface area contributed by atoms with Gasteiger partial charge in [-0.05, 0) is 25.0 Å². The molecule has 1 aromatic heterocycles. The first-order valence-corrected chi connectivity index (χ1v) is 8.09. The molecule has 1 unspecified atom stereocenters. The maximum absolute atomic E-state index is 5.81. The molecule has 0 amide bonds. The van der Waals surface area contributed by atoms with E-state index in [0.717, 1.165) is 41.9 Å². The quantitative estimate of drug-likeness (QED) is 0.921. The van der Waals surface area contributed by atoms with Gasteiger partial charge in [0.05, 0.1) is 17.8 Å². The summed E-state index contributed by atoms with van der Waals surface area (Å²) in [5.41, 5.74) is 4.22. The normalized spacial score (nSPS) is 18.5. The van der Waals surface area contributed by atoms with Crippen LogP contribution in [0.25, 0.3) is 0 Å². The summed E-state index contributed by atoms with van der Waals surface area (Å²) >= 11 is 5.13. The third-order valence-corrected chi connectivity index (χ3v) is 4.39. The minimum absolute atomic E-state index is 0.340. The van der Waals surface area contributed by atoms with Crippen molar-refractivity contribution in [3.8, 4) is 5.75 Å². The first kappa shape index (κ1) is 13.1. The molecule has 2 aromatic rings. The maximum Gasteiger partial charge on any atom is 0.125 e. The van der Waals surface area contributed by atoms with Crippen LogP contribution < -0.4 is 10.1 Å². The Balaban J connectivity index is 1.78. The zero-order valence-corrected chi connectivity index (χ0v) is 12.8. The standard InChI is InChI=1S/C14H15BrN2OS/c15-10-3-4-12-13(2-1-5-18-14(12)6-10)16-7-11-8-19-9-17-11/h3-4,6,8-9,13,16H,1-2,5,7H2. The Labute approximate surface area is 125 Å². The summed E-state index contributed by atoms with van der Waals surface area (Å²) in [5.74, 6) is 0.989. The highest BCUT2D eigenvalue weighted by molar-refractivity contribution is 9.10. The van der Waals surface area contributed by atoms with E-state index in [1.54, 1.807) is 11.3 Å². The number of fused-ring (bicyclic) bond motifs is 1. The monoisotopic (exact) mass is 338 g/mol. The van der Waals surface area contributed by atoms with E-state index in [4.69, 9.17) is 4.74 Å². The van der Waals surface area contributed by atoms with E-state index in [1.165, 1.54) is 5.56 Å². The number of halogens is 1. The Hall–Kier alpha value is -0.910. The zero-order chi connectivity index (χ0) is 13.1. The molecule has 1 atom stereocenters. The maximum atomic E-state index is 5.81. The molecule has 1 aliphatic heterocycles. The van der Waals surface area contributed by atoms with Crippen LogP contribution >= 0.6 is 27.3 Å². The molecule has 3 rings (SSSR count). The molecule has 0 saturated carbocycles. The summed E-state index contributed by atoms with van der Waals surface area (Å²) in [5, 5.41) is 5.67. The minimum Gasteiger partial charge on any atom is -0.493 e. The van der Waals surface area contributed by atoms with Gasteiger partial charge in [-0.1, -0.05) is 22.0 Å². The summed E-state index contributed by atoms with van der Waals surface area (Å²) in [6.45, 7) is 1.60. The molecule has 2 heterocycles. The van der Waals surface area contributed by atoms with E-state index >= 15 is 0 Å². The smallest absolute Gasteiger partial charge is 0.125 e. The molecule has 1 aromatic carbocycles. The van der Waals surface area contributed by atoms with Crippen molar-refractivity contribution in [1.82, 2.24) is 10.3 Å². The van der Waals surface area contributed by atoms with Gasteiger partial charge in [-0.15, -0.1) is 11.3 Å². The van der Waals surface area contributed by atoms with Crippen LogP contribution in [-0.2, 0) is 6.54 Å². The summed E-state index contributed by atoms with van der Waals surface area (Å²) in [6, 6.07) is 6.61. The Morgan fingerprint density at radius 2 is 2.42 bits per heavy atom. The number of nitrogens with zero attached hydrogens (tertiary/aromatic N) is 1. The SMILES string of the molecule is Brc1ccc2c(c1)OCCCC2NCc1cscn1. The highest BCUT2D eigenvalue weighted by atomic mass is 79.9. The van der Waals surface area contributed by atoms with Crippen LogP contribution in [0.15, 0.2) is 33.6 Å². The van der Waals surface area contributed by atoms with Gasteiger partial charge in [0.15, 0.2) is 0 Å². The molecular formula is C14H15BrN2OS. The lowest BCUT2D eigenvalue weighted by Crippen LogP contribution is -2.20. The van der Waals surface area contributed by atoms with E-state index in [1.807, 2.05) is 5.51 Å². The van der Waals surface area contributed by atoms with Gasteiger partial charge >= 0.3 is 0 Å². The van der Waals surface area contributed by atoms with Crippen LogP contribution in [0, 0.1) is 0 Å². The number of rotatable bonds is 3. The minimum atomic E-state index is 0.340. The van der Waals surface area contributed by atoms with Crippen molar-refractivity contribution < 1.29 is 4.74 Å². The number of thiazole rings is 1. The second-order valence-corrected chi connectivity index (χ2v) is 6.22. The number of ether oxygens (including phenoxy) is 1. The first-order chi connectivity index (χ1) is 9.33. The van der Waals surface area contributed by atoms with E-state index in [9.17, 15) is 0 Å². The lowest BCUT2D eigenvalue weighted by molar-refractivity contribution is 0.315. The van der Waals surface area contributed by atoms with E-state index < -0.39 is 0 Å². The van der Waals surface area contributed by atoms with Crippen LogP contribution in [-0.4, -0.2) is 11.6 Å². The molecule has 3 nitrogen and oxygen atoms in total. The van der Waals surface area contributed by atoms with Crippen LogP contribution in [0.4, 0.5) is 0 Å². The fraction of sp³-hybridized carbons (Fsp3) is 0.357. The summed E-state index contributed by atoms with van der Waals surface area (Å²) < 4.78 is 6.87. The van der Waals surface area contributed by atoms with Gasteiger partial charge in [0.25, 0.3) is 0 Å². The van der Waals surface area contributed by atoms with Gasteiger partial charge in [-0.2, -0.15) is 0 Å². The molecule has 0 bridgehead atoms. The summed E-state index contributed by atoms with van der Waals surface area (Å²) in [6.07, 6.45) is 2.17. The van der Waals surface area contributed by atoms with Crippen molar-refractivity contribution in [2.24, 2.45) is 0 Å².